The molecule has 0 spiro atoms. The number of carboxylic acid groups (broad SMARTS) is 4. The summed E-state index contributed by atoms with van der Waals surface area (Å²) < 4.78 is 50.8. The quantitative estimate of drug-likeness (QED) is 0.0236. The van der Waals surface area contributed by atoms with Gasteiger partial charge in [0.15, 0.2) is 0 Å². The zero-order valence-corrected chi connectivity index (χ0v) is 84.1. The average molecular weight is 2030 g/mol. The van der Waals surface area contributed by atoms with E-state index >= 15 is 0 Å². The molecule has 0 aromatic carbocycles. The maximum atomic E-state index is 14.7. The summed E-state index contributed by atoms with van der Waals surface area (Å²) in [4.78, 5) is 306. The number of alkyl carbamates (subject to hydrolysis) is 2. The van der Waals surface area contributed by atoms with E-state index in [1.165, 1.54) is 27.7 Å². The van der Waals surface area contributed by atoms with E-state index in [1.807, 2.05) is 0 Å². The van der Waals surface area contributed by atoms with Crippen LogP contribution in [0.2, 0.25) is 0 Å². The van der Waals surface area contributed by atoms with Crippen molar-refractivity contribution in [2.75, 3.05) is 65.9 Å². The van der Waals surface area contributed by atoms with Gasteiger partial charge in [0, 0.05) is 90.1 Å². The van der Waals surface area contributed by atoms with Crippen molar-refractivity contribution in [3.63, 3.8) is 0 Å². The van der Waals surface area contributed by atoms with E-state index in [9.17, 15) is 125 Å². The molecule has 0 aliphatic carbocycles. The molecule has 0 heterocycles. The molecule has 0 rings (SSSR count). The molecule has 0 radical (unpaired) electrons. The number of amides is 12. The lowest BCUT2D eigenvalue weighted by atomic mass is 10.0. The third kappa shape index (κ3) is 67.3. The van der Waals surface area contributed by atoms with Crippen LogP contribution in [0.1, 0.15) is 302 Å². The van der Waals surface area contributed by atoms with Gasteiger partial charge in [-0.25, -0.2) is 38.4 Å². The first kappa shape index (κ1) is 131. The summed E-state index contributed by atoms with van der Waals surface area (Å²) in [6.45, 7) is 23.1. The second kappa shape index (κ2) is 75.7. The predicted octanol–water partition coefficient (Wildman–Crippen LogP) is 3.20. The van der Waals surface area contributed by atoms with Crippen molar-refractivity contribution in [3.05, 3.63) is 0 Å². The van der Waals surface area contributed by atoms with Crippen LogP contribution in [0.25, 0.3) is 0 Å². The first-order valence-corrected chi connectivity index (χ1v) is 48.0. The minimum absolute atomic E-state index is 0.00375. The van der Waals surface area contributed by atoms with Gasteiger partial charge in [-0.1, -0.05) is 38.5 Å². The molecule has 0 aliphatic heterocycles. The van der Waals surface area contributed by atoms with Crippen molar-refractivity contribution in [1.29, 1.82) is 0 Å². The highest BCUT2D eigenvalue weighted by Gasteiger charge is 2.37. The summed E-state index contributed by atoms with van der Waals surface area (Å²) in [5, 5.41) is 65.7. The Kier molecular flexibility index (Phi) is 69.8. The summed E-state index contributed by atoms with van der Waals surface area (Å²) in [5.41, 5.74) is -1.28. The fourth-order valence-corrected chi connectivity index (χ4v) is 12.8. The summed E-state index contributed by atoms with van der Waals surface area (Å²) in [5.74, 6) is -21.2. The van der Waals surface area contributed by atoms with Gasteiger partial charge in [-0.2, -0.15) is 0 Å². The second-order valence-corrected chi connectivity index (χ2v) is 33.9. The molecule has 142 heavy (non-hydrogen) atoms. The number of nitrogens with one attached hydrogen (secondary N) is 12. The first-order valence-electron chi connectivity index (χ1n) is 48.0. The molecule has 16 N–H and O–H groups in total. The number of carbonyl (C=O) groups is 24. The molecule has 50 nitrogen and oxygen atoms in total. The Hall–Kier alpha value is -13.1. The summed E-state index contributed by atoms with van der Waals surface area (Å²) in [6.07, 6.45) is -4.14. The van der Waals surface area contributed by atoms with Crippen molar-refractivity contribution < 1.29 is 183 Å². The van der Waals surface area contributed by atoms with Gasteiger partial charge >= 0.3 is 83.8 Å². The maximum Gasteiger partial charge on any atom is 0.407 e. The third-order valence-electron chi connectivity index (χ3n) is 19.6. The Balaban J connectivity index is 0. The van der Waals surface area contributed by atoms with E-state index in [0.29, 0.717) is 58.0 Å². The van der Waals surface area contributed by atoms with Crippen LogP contribution in [0.4, 0.5) is 9.59 Å². The number of ether oxygens (including phenoxy) is 10. The van der Waals surface area contributed by atoms with Crippen LogP contribution in [-0.4, -0.2) is 301 Å². The number of hydrogen-bond acceptors (Lipinski definition) is 34. The van der Waals surface area contributed by atoms with Crippen molar-refractivity contribution >= 4 is 143 Å². The van der Waals surface area contributed by atoms with Crippen LogP contribution in [-0.2, 0) is 153 Å². The van der Waals surface area contributed by atoms with E-state index < -0.39 is 279 Å². The van der Waals surface area contributed by atoms with Gasteiger partial charge in [-0.3, -0.25) is 76.7 Å². The Labute approximate surface area is 826 Å². The van der Waals surface area contributed by atoms with Gasteiger partial charge in [0.05, 0.1) is 52.9 Å². The molecule has 808 valence electrons. The largest absolute Gasteiger partial charge is 0.481 e. The normalized spacial score (nSPS) is 13.0. The van der Waals surface area contributed by atoms with Gasteiger partial charge in [0.2, 0.25) is 59.1 Å². The molecule has 0 aromatic heterocycles. The topological polar surface area (TPSA) is 727 Å². The van der Waals surface area contributed by atoms with E-state index in [-0.39, 0.29) is 136 Å². The molecular weight excluding hydrogens is 1880 g/mol. The minimum Gasteiger partial charge on any atom is -0.481 e. The van der Waals surface area contributed by atoms with E-state index in [1.54, 1.807) is 69.2 Å². The second-order valence-electron chi connectivity index (χ2n) is 33.9. The molecule has 0 fully saturated rings. The number of esters is 8. The van der Waals surface area contributed by atoms with Crippen molar-refractivity contribution in [3.8, 4) is 0 Å². The van der Waals surface area contributed by atoms with Gasteiger partial charge < -0.3 is 132 Å². The molecule has 10 atom stereocenters. The average Bonchev–Trinajstić information content (AvgIpc) is 0.863. The highest BCUT2D eigenvalue weighted by atomic mass is 16.6. The summed E-state index contributed by atoms with van der Waals surface area (Å²) >= 11 is 0. The Bertz CT molecular complexity index is 4040. The van der Waals surface area contributed by atoms with Crippen LogP contribution >= 0.6 is 0 Å². The Morgan fingerprint density at radius 2 is 0.408 bits per heavy atom. The zero-order chi connectivity index (χ0) is 108. The van der Waals surface area contributed by atoms with Crippen LogP contribution in [0.5, 0.6) is 0 Å². The number of rotatable bonds is 74. The van der Waals surface area contributed by atoms with Gasteiger partial charge in [0.1, 0.15) is 71.6 Å². The van der Waals surface area contributed by atoms with E-state index in [2.05, 4.69) is 63.8 Å². The number of hydrogen-bond donors (Lipinski definition) is 16. The molecule has 12 amide bonds. The van der Waals surface area contributed by atoms with Crippen molar-refractivity contribution in [2.45, 2.75) is 374 Å². The molecule has 0 aromatic rings. The number of carboxylic acids is 4. The van der Waals surface area contributed by atoms with Crippen LogP contribution < -0.4 is 63.8 Å². The highest BCUT2D eigenvalue weighted by molar-refractivity contribution is 5.97. The van der Waals surface area contributed by atoms with Gasteiger partial charge in [-0.05, 0) is 187 Å². The van der Waals surface area contributed by atoms with Crippen molar-refractivity contribution in [2.24, 2.45) is 0 Å². The SMILES string of the molecule is CC(C)(C)OC(=O)NCCCCCCCC(=O)NC(CCC(=O)NC(CCC(=O)O)C(=O)O)C(=O)NC(CCC(=O)O)C(=O)O.CCOC(=O)CCC(NC(=O)CCC(NC(=O)CCC(NC(=O)CCCCCCCNC(=O)OC(C)(C)C)C(=O)NC(CCC(=O)NC(CCC(=O)OCC)C(=O)OCC)C(=O)NC(CCC(=O)OCC)C(=O)OCC)C(=O)NC(CCC(=O)OCC)C(=O)OCC)C(=O)OCC. The Morgan fingerprint density at radius 1 is 0.218 bits per heavy atom. The lowest BCUT2D eigenvalue weighted by Gasteiger charge is -2.26. The zero-order valence-electron chi connectivity index (χ0n) is 84.1. The third-order valence-corrected chi connectivity index (χ3v) is 19.6. The number of carbonyl (C=O) groups excluding carboxylic acids is 20. The molecule has 0 saturated carbocycles. The van der Waals surface area contributed by atoms with Gasteiger partial charge in [-0.15, -0.1) is 0 Å². The molecule has 50 heteroatoms. The molecule has 0 aliphatic rings. The molecule has 0 saturated heterocycles. The van der Waals surface area contributed by atoms with Crippen LogP contribution in [0.15, 0.2) is 0 Å². The lowest BCUT2D eigenvalue weighted by molar-refractivity contribution is -0.150. The van der Waals surface area contributed by atoms with E-state index in [0.717, 1.165) is 12.8 Å². The van der Waals surface area contributed by atoms with E-state index in [4.69, 9.17) is 57.6 Å². The number of aliphatic carboxylic acids is 4. The predicted molar refractivity (Wildman–Crippen MR) is 499 cm³/mol. The Morgan fingerprint density at radius 3 is 0.655 bits per heavy atom. The summed E-state index contributed by atoms with van der Waals surface area (Å²) in [6, 6.07) is -15.4. The standard InChI is InChI=1S/C64H106N8O25.C28H46N4O13/c1-12-89-52(77)36-29-44(59(84)93-16-5)68-50(75)34-27-42(57(82)71-46(61(86)95-18-7)31-38-54(79)91-14-3)67-49(74)33-26-41(66-48(73)25-23-21-20-22-24-40-65-63(88)97-64(9,10)11)56(81)70-43(58(83)72-47(62(87)96-19-8)32-39-55(80)92-15-4)28-35-51(76)69-45(60(85)94-17-6)30-37-53(78)90-13-2;1-28(2,3)45-27(44)29-16-8-6-4-5-7-9-20(33)30-17(24(39)32-19(26(42)43)12-15-23(37)38)10-13-21(34)31-18(25(40)41)11-14-22(35)36/h41-47H,12-40H2,1-11H3,(H,65,88)(H,66,73)(H,67,74)(H,68,75)(H,69,76)(H,70,81)(H,71,82)(H,72,83);17-19H,4-16H2,1-3H3,(H,29,44)(H,30,33)(H,31,34)(H,32,39)(H,35,36)(H,37,38)(H,40,41)(H,42,43). The van der Waals surface area contributed by atoms with Crippen LogP contribution in [0, 0.1) is 0 Å². The first-order chi connectivity index (χ1) is 66.9. The fraction of sp³-hybridized carbons (Fsp3) is 0.739. The molecule has 0 bridgehead atoms. The highest BCUT2D eigenvalue weighted by Crippen LogP contribution is 2.17. The summed E-state index contributed by atoms with van der Waals surface area (Å²) in [7, 11) is 0. The van der Waals surface area contributed by atoms with Gasteiger partial charge in [0.25, 0.3) is 0 Å². The lowest BCUT2D eigenvalue weighted by Crippen LogP contribution is -2.56. The smallest absolute Gasteiger partial charge is 0.407 e. The fourth-order valence-electron chi connectivity index (χ4n) is 12.8. The minimum atomic E-state index is -1.78. The van der Waals surface area contributed by atoms with Crippen LogP contribution in [0.3, 0.4) is 0 Å². The maximum absolute atomic E-state index is 14.7. The number of unbranched alkanes of at least 4 members (excludes halogenated alkanes) is 8. The van der Waals surface area contributed by atoms with Crippen molar-refractivity contribution in [1.82, 2.24) is 63.8 Å². The monoisotopic (exact) mass is 2030 g/mol. The molecule has 10 unspecified atom stereocenters. The molecular formula is C92H152N12O38.